The number of fused-ring (bicyclic) bond motifs is 1. The largest absolute Gasteiger partial charge is 0.367 e. The topological polar surface area (TPSA) is 54.1 Å². The number of Topliss-reactive ketones (excluding diaryl/α,β-unsaturated/α-hetero) is 1. The number of nitrogens with one attached hydrogen (secondary N) is 2. The zero-order valence-electron chi connectivity index (χ0n) is 9.40. The maximum atomic E-state index is 12.3. The molecule has 4 nitrogen and oxygen atoms in total. The van der Waals surface area contributed by atoms with E-state index in [0.29, 0.717) is 18.7 Å². The first-order chi connectivity index (χ1) is 8.36. The number of aromatic amines is 1. The van der Waals surface area contributed by atoms with Gasteiger partial charge in [-0.3, -0.25) is 4.79 Å². The van der Waals surface area contributed by atoms with Crippen LogP contribution in [-0.4, -0.2) is 36.6 Å². The van der Waals surface area contributed by atoms with Gasteiger partial charge >= 0.3 is 0 Å². The molecule has 1 aliphatic rings. The average molecular weight is 230 g/mol. The molecule has 1 aromatic carbocycles. The van der Waals surface area contributed by atoms with Gasteiger partial charge in [0.1, 0.15) is 6.10 Å². The molecule has 4 heteroatoms. The predicted molar refractivity (Wildman–Crippen MR) is 65.2 cm³/mol. The molecule has 1 atom stereocenters. The minimum Gasteiger partial charge on any atom is -0.367 e. The van der Waals surface area contributed by atoms with Crippen molar-refractivity contribution >= 4 is 16.7 Å². The highest BCUT2D eigenvalue weighted by Crippen LogP contribution is 2.20. The van der Waals surface area contributed by atoms with E-state index in [1.807, 2.05) is 24.3 Å². The van der Waals surface area contributed by atoms with Crippen molar-refractivity contribution in [1.82, 2.24) is 10.3 Å². The molecule has 1 unspecified atom stereocenters. The van der Waals surface area contributed by atoms with Crippen LogP contribution in [0.15, 0.2) is 30.5 Å². The third-order valence-electron chi connectivity index (χ3n) is 3.07. The number of hydrogen-bond donors (Lipinski definition) is 2. The normalized spacial score (nSPS) is 20.6. The molecule has 88 valence electrons. The predicted octanol–water partition coefficient (Wildman–Crippen LogP) is 1.34. The van der Waals surface area contributed by atoms with Crippen LogP contribution in [-0.2, 0) is 4.74 Å². The van der Waals surface area contributed by atoms with Gasteiger partial charge in [0.2, 0.25) is 0 Å². The Labute approximate surface area is 99.0 Å². The second-order valence-corrected chi connectivity index (χ2v) is 4.18. The Balaban J connectivity index is 1.95. The van der Waals surface area contributed by atoms with Gasteiger partial charge in [0.05, 0.1) is 6.61 Å². The van der Waals surface area contributed by atoms with Gasteiger partial charge in [0.15, 0.2) is 5.78 Å². The lowest BCUT2D eigenvalue weighted by Gasteiger charge is -2.22. The van der Waals surface area contributed by atoms with Crippen LogP contribution in [0.5, 0.6) is 0 Å². The summed E-state index contributed by atoms with van der Waals surface area (Å²) in [5, 5.41) is 4.13. The SMILES string of the molecule is O=C(c1c[nH]c2ccccc12)C1CNCCO1. The Bertz CT molecular complexity index is 541. The van der Waals surface area contributed by atoms with Crippen molar-refractivity contribution in [2.75, 3.05) is 19.7 Å². The van der Waals surface area contributed by atoms with Crippen molar-refractivity contribution in [3.63, 3.8) is 0 Å². The van der Waals surface area contributed by atoms with Gasteiger partial charge in [0.25, 0.3) is 0 Å². The van der Waals surface area contributed by atoms with Gasteiger partial charge in [-0.15, -0.1) is 0 Å². The lowest BCUT2D eigenvalue weighted by molar-refractivity contribution is 0.0271. The lowest BCUT2D eigenvalue weighted by Crippen LogP contribution is -2.43. The number of aromatic nitrogens is 1. The molecule has 2 N–H and O–H groups in total. The zero-order chi connectivity index (χ0) is 11.7. The molecule has 0 bridgehead atoms. The van der Waals surface area contributed by atoms with Crippen molar-refractivity contribution in [2.24, 2.45) is 0 Å². The molecular weight excluding hydrogens is 216 g/mol. The minimum absolute atomic E-state index is 0.0506. The summed E-state index contributed by atoms with van der Waals surface area (Å²) in [5.41, 5.74) is 1.70. The molecule has 0 radical (unpaired) electrons. The number of carbonyl (C=O) groups excluding carboxylic acids is 1. The Kier molecular flexibility index (Phi) is 2.66. The number of rotatable bonds is 2. The maximum Gasteiger partial charge on any atom is 0.195 e. The van der Waals surface area contributed by atoms with Crippen molar-refractivity contribution in [1.29, 1.82) is 0 Å². The number of H-pyrrole nitrogens is 1. The van der Waals surface area contributed by atoms with Crippen LogP contribution < -0.4 is 5.32 Å². The Hall–Kier alpha value is -1.65. The molecule has 1 aliphatic heterocycles. The van der Waals surface area contributed by atoms with Gasteiger partial charge in [0, 0.05) is 35.8 Å². The molecule has 0 saturated carbocycles. The second kappa shape index (κ2) is 4.31. The number of hydrogen-bond acceptors (Lipinski definition) is 3. The van der Waals surface area contributed by atoms with Crippen LogP contribution in [0.2, 0.25) is 0 Å². The van der Waals surface area contributed by atoms with Crippen LogP contribution in [0.25, 0.3) is 10.9 Å². The van der Waals surface area contributed by atoms with Crippen molar-refractivity contribution in [3.8, 4) is 0 Å². The first-order valence-corrected chi connectivity index (χ1v) is 5.79. The smallest absolute Gasteiger partial charge is 0.195 e. The summed E-state index contributed by atoms with van der Waals surface area (Å²) in [4.78, 5) is 15.4. The highest BCUT2D eigenvalue weighted by molar-refractivity contribution is 6.10. The maximum absolute atomic E-state index is 12.3. The minimum atomic E-state index is -0.358. The lowest BCUT2D eigenvalue weighted by atomic mass is 10.0. The molecule has 1 fully saturated rings. The van der Waals surface area contributed by atoms with Gasteiger partial charge in [-0.1, -0.05) is 18.2 Å². The Morgan fingerprint density at radius 2 is 2.24 bits per heavy atom. The van der Waals surface area contributed by atoms with E-state index in [0.717, 1.165) is 17.4 Å². The van der Waals surface area contributed by atoms with Gasteiger partial charge < -0.3 is 15.0 Å². The monoisotopic (exact) mass is 230 g/mol. The number of morpholine rings is 1. The van der Waals surface area contributed by atoms with E-state index in [2.05, 4.69) is 10.3 Å². The molecular formula is C13H14N2O2. The highest BCUT2D eigenvalue weighted by atomic mass is 16.5. The van der Waals surface area contributed by atoms with E-state index in [-0.39, 0.29) is 11.9 Å². The van der Waals surface area contributed by atoms with Crippen LogP contribution in [0.1, 0.15) is 10.4 Å². The average Bonchev–Trinajstić information content (AvgIpc) is 2.83. The van der Waals surface area contributed by atoms with Gasteiger partial charge in [-0.05, 0) is 6.07 Å². The number of para-hydroxylation sites is 1. The molecule has 2 heterocycles. The molecule has 1 saturated heterocycles. The van der Waals surface area contributed by atoms with E-state index in [1.165, 1.54) is 0 Å². The van der Waals surface area contributed by atoms with Gasteiger partial charge in [-0.2, -0.15) is 0 Å². The number of benzene rings is 1. The third-order valence-corrected chi connectivity index (χ3v) is 3.07. The summed E-state index contributed by atoms with van der Waals surface area (Å²) in [6, 6.07) is 7.81. The van der Waals surface area contributed by atoms with Crippen LogP contribution in [0, 0.1) is 0 Å². The standard InChI is InChI=1S/C13H14N2O2/c16-13(12-8-14-5-6-17-12)10-7-15-11-4-2-1-3-9(10)11/h1-4,7,12,14-15H,5-6,8H2. The van der Waals surface area contributed by atoms with E-state index < -0.39 is 0 Å². The number of ether oxygens (including phenoxy) is 1. The molecule has 0 spiro atoms. The number of ketones is 1. The second-order valence-electron chi connectivity index (χ2n) is 4.18. The van der Waals surface area contributed by atoms with Crippen LogP contribution in [0.4, 0.5) is 0 Å². The van der Waals surface area contributed by atoms with Crippen LogP contribution in [0.3, 0.4) is 0 Å². The molecule has 0 amide bonds. The van der Waals surface area contributed by atoms with Crippen molar-refractivity contribution in [3.05, 3.63) is 36.0 Å². The van der Waals surface area contributed by atoms with Crippen molar-refractivity contribution in [2.45, 2.75) is 6.10 Å². The fourth-order valence-corrected chi connectivity index (χ4v) is 2.18. The van der Waals surface area contributed by atoms with Crippen LogP contribution >= 0.6 is 0 Å². The Morgan fingerprint density at radius 1 is 1.35 bits per heavy atom. The summed E-state index contributed by atoms with van der Waals surface area (Å²) < 4.78 is 5.49. The highest BCUT2D eigenvalue weighted by Gasteiger charge is 2.24. The van der Waals surface area contributed by atoms with E-state index in [4.69, 9.17) is 4.74 Å². The summed E-state index contributed by atoms with van der Waals surface area (Å²) >= 11 is 0. The fourth-order valence-electron chi connectivity index (χ4n) is 2.18. The van der Waals surface area contributed by atoms with E-state index >= 15 is 0 Å². The molecule has 1 aromatic heterocycles. The summed E-state index contributed by atoms with van der Waals surface area (Å²) in [6.07, 6.45) is 1.41. The van der Waals surface area contributed by atoms with Gasteiger partial charge in [-0.25, -0.2) is 0 Å². The molecule has 0 aliphatic carbocycles. The first-order valence-electron chi connectivity index (χ1n) is 5.79. The first kappa shape index (κ1) is 10.5. The summed E-state index contributed by atoms with van der Waals surface area (Å²) in [5.74, 6) is 0.0506. The number of carbonyl (C=O) groups is 1. The van der Waals surface area contributed by atoms with E-state index in [1.54, 1.807) is 6.20 Å². The Morgan fingerprint density at radius 3 is 3.06 bits per heavy atom. The molecule has 17 heavy (non-hydrogen) atoms. The molecule has 2 aromatic rings. The van der Waals surface area contributed by atoms with E-state index in [9.17, 15) is 4.79 Å². The third kappa shape index (κ3) is 1.85. The van der Waals surface area contributed by atoms with Crippen molar-refractivity contribution < 1.29 is 9.53 Å². The summed E-state index contributed by atoms with van der Waals surface area (Å²) in [6.45, 7) is 2.01. The molecule has 3 rings (SSSR count). The quantitative estimate of drug-likeness (QED) is 0.765. The fraction of sp³-hybridized carbons (Fsp3) is 0.308. The zero-order valence-corrected chi connectivity index (χ0v) is 9.40. The summed E-state index contributed by atoms with van der Waals surface area (Å²) in [7, 11) is 0.